The molecule has 5 heterocycles. The smallest absolute Gasteiger partial charge is 0.290 e. The summed E-state index contributed by atoms with van der Waals surface area (Å²) in [5.41, 5.74) is 6.67. The van der Waals surface area contributed by atoms with Crippen LogP contribution in [0.5, 0.6) is 11.5 Å². The van der Waals surface area contributed by atoms with E-state index in [9.17, 15) is 4.39 Å². The van der Waals surface area contributed by atoms with Gasteiger partial charge in [-0.1, -0.05) is 0 Å². The van der Waals surface area contributed by atoms with Crippen LogP contribution in [0.3, 0.4) is 0 Å². The van der Waals surface area contributed by atoms with Gasteiger partial charge in [0.15, 0.2) is 5.65 Å². The van der Waals surface area contributed by atoms with Crippen molar-refractivity contribution in [2.75, 3.05) is 13.2 Å². The van der Waals surface area contributed by atoms with Gasteiger partial charge in [-0.2, -0.15) is 5.10 Å². The molecule has 174 valence electrons. The Kier molecular flexibility index (Phi) is 5.56. The molecule has 0 amide bonds. The van der Waals surface area contributed by atoms with E-state index >= 15 is 0 Å². The predicted molar refractivity (Wildman–Crippen MR) is 120 cm³/mol. The molecular weight excluding hydrogens is 441 g/mol. The van der Waals surface area contributed by atoms with Gasteiger partial charge in [-0.15, -0.1) is 15.3 Å². The molecule has 2 aliphatic heterocycles. The van der Waals surface area contributed by atoms with Gasteiger partial charge in [-0.3, -0.25) is 9.20 Å². The summed E-state index contributed by atoms with van der Waals surface area (Å²) in [7, 11) is 0. The first-order chi connectivity index (χ1) is 16.5. The van der Waals surface area contributed by atoms with Gasteiger partial charge < -0.3 is 14.6 Å². The van der Waals surface area contributed by atoms with Gasteiger partial charge in [-0.05, 0) is 62.1 Å². The summed E-state index contributed by atoms with van der Waals surface area (Å²) in [5, 5.41) is 24.0. The third kappa shape index (κ3) is 3.60. The van der Waals surface area contributed by atoms with Gasteiger partial charge in [-0.25, -0.2) is 4.39 Å². The van der Waals surface area contributed by atoms with Crippen LogP contribution in [-0.2, 0) is 17.6 Å². The van der Waals surface area contributed by atoms with Crippen molar-refractivity contribution in [3.8, 4) is 22.8 Å². The van der Waals surface area contributed by atoms with Gasteiger partial charge in [0.2, 0.25) is 0 Å². The third-order valence-electron chi connectivity index (χ3n) is 6.16. The standard InChI is InChI=1S/C23H20FN5O2.CH2O2/c1-12-7-13(2)26-27-22(12)16-8-20-18(29-11-25-28-23(16)29)5-3-15-17(24)4-6-19-21(15)14(9-30-19)10-31-20;2-1-3/h4,6-8,11,14H,3,5,9-10H2,1-2H3;1H,(H,2,3)/t14-;/m1./s1. The lowest BCUT2D eigenvalue weighted by Crippen LogP contribution is -2.13. The highest BCUT2D eigenvalue weighted by atomic mass is 19.1. The molecule has 0 saturated heterocycles. The van der Waals surface area contributed by atoms with Crippen LogP contribution in [0.25, 0.3) is 16.9 Å². The molecule has 0 aliphatic carbocycles. The van der Waals surface area contributed by atoms with Gasteiger partial charge in [0.1, 0.15) is 23.6 Å². The van der Waals surface area contributed by atoms with Crippen molar-refractivity contribution >= 4 is 12.1 Å². The highest BCUT2D eigenvalue weighted by Gasteiger charge is 2.31. The van der Waals surface area contributed by atoms with E-state index in [0.717, 1.165) is 45.3 Å². The van der Waals surface area contributed by atoms with Crippen LogP contribution in [-0.4, -0.2) is 49.6 Å². The predicted octanol–water partition coefficient (Wildman–Crippen LogP) is 3.30. The van der Waals surface area contributed by atoms with E-state index in [4.69, 9.17) is 19.4 Å². The summed E-state index contributed by atoms with van der Waals surface area (Å²) in [6.45, 7) is 4.56. The highest BCUT2D eigenvalue weighted by Crippen LogP contribution is 2.41. The van der Waals surface area contributed by atoms with Crippen molar-refractivity contribution in [2.24, 2.45) is 0 Å². The molecule has 0 radical (unpaired) electrons. The number of rotatable bonds is 1. The number of nitrogens with zero attached hydrogens (tertiary/aromatic N) is 5. The molecule has 0 bridgehead atoms. The first kappa shape index (κ1) is 21.7. The summed E-state index contributed by atoms with van der Waals surface area (Å²) >= 11 is 0. The topological polar surface area (TPSA) is 112 Å². The summed E-state index contributed by atoms with van der Waals surface area (Å²) < 4.78 is 28.8. The van der Waals surface area contributed by atoms with Crippen molar-refractivity contribution in [2.45, 2.75) is 32.6 Å². The molecule has 0 saturated carbocycles. The largest absolute Gasteiger partial charge is 0.493 e. The van der Waals surface area contributed by atoms with Crippen LogP contribution in [0, 0.1) is 19.7 Å². The molecule has 1 atom stereocenters. The molecule has 4 aromatic rings. The lowest BCUT2D eigenvalue weighted by molar-refractivity contribution is -0.122. The second kappa shape index (κ2) is 8.69. The molecule has 10 heteroatoms. The molecule has 34 heavy (non-hydrogen) atoms. The van der Waals surface area contributed by atoms with E-state index in [1.807, 2.05) is 30.4 Å². The zero-order valence-corrected chi connectivity index (χ0v) is 18.7. The number of hydrogen-bond donors (Lipinski definition) is 1. The Balaban J connectivity index is 0.000000764. The lowest BCUT2D eigenvalue weighted by atomic mass is 9.93. The van der Waals surface area contributed by atoms with Crippen molar-refractivity contribution < 1.29 is 23.8 Å². The number of pyridine rings is 1. The number of ether oxygens (including phenoxy) is 2. The van der Waals surface area contributed by atoms with E-state index < -0.39 is 0 Å². The number of hydrogen-bond acceptors (Lipinski definition) is 7. The Morgan fingerprint density at radius 2 is 1.85 bits per heavy atom. The summed E-state index contributed by atoms with van der Waals surface area (Å²) in [4.78, 5) is 8.36. The Labute approximate surface area is 194 Å². The van der Waals surface area contributed by atoms with E-state index in [0.29, 0.717) is 37.3 Å². The first-order valence-electron chi connectivity index (χ1n) is 10.8. The van der Waals surface area contributed by atoms with Crippen molar-refractivity contribution in [3.05, 3.63) is 64.5 Å². The fourth-order valence-corrected chi connectivity index (χ4v) is 4.72. The molecule has 0 fully saturated rings. The minimum atomic E-state index is -0.250. The SMILES string of the molecule is Cc1cc(C)c(-c2cc3c(n4cnnc24)CCc2c(F)ccc4c2[C@H](CO4)CO3)nn1.O=CO. The molecule has 1 N–H and O–H groups in total. The molecule has 2 aliphatic rings. The Morgan fingerprint density at radius 1 is 1.09 bits per heavy atom. The van der Waals surface area contributed by atoms with Crippen molar-refractivity contribution in [3.63, 3.8) is 0 Å². The molecule has 6 rings (SSSR count). The average molecular weight is 463 g/mol. The van der Waals surface area contributed by atoms with Gasteiger partial charge in [0, 0.05) is 5.56 Å². The van der Waals surface area contributed by atoms with Crippen LogP contribution in [0.15, 0.2) is 30.6 Å². The molecule has 0 spiro atoms. The molecule has 9 nitrogen and oxygen atoms in total. The number of fused-ring (bicyclic) bond motifs is 3. The first-order valence-corrected chi connectivity index (χ1v) is 10.8. The van der Waals surface area contributed by atoms with Crippen LogP contribution in [0.2, 0.25) is 0 Å². The van der Waals surface area contributed by atoms with Crippen LogP contribution in [0.4, 0.5) is 4.39 Å². The minimum absolute atomic E-state index is 0.00684. The van der Waals surface area contributed by atoms with Crippen molar-refractivity contribution in [1.29, 1.82) is 0 Å². The van der Waals surface area contributed by atoms with E-state index in [2.05, 4.69) is 20.4 Å². The number of carbonyl (C=O) groups is 1. The normalized spacial score (nSPS) is 16.0. The summed E-state index contributed by atoms with van der Waals surface area (Å²) in [6, 6.07) is 7.17. The summed E-state index contributed by atoms with van der Waals surface area (Å²) in [5.74, 6) is 1.29. The quantitative estimate of drug-likeness (QED) is 0.428. The maximum Gasteiger partial charge on any atom is 0.290 e. The van der Waals surface area contributed by atoms with Gasteiger partial charge >= 0.3 is 0 Å². The van der Waals surface area contributed by atoms with Crippen molar-refractivity contribution in [1.82, 2.24) is 24.8 Å². The van der Waals surface area contributed by atoms with E-state index in [-0.39, 0.29) is 18.2 Å². The van der Waals surface area contributed by atoms with Crippen LogP contribution < -0.4 is 9.47 Å². The number of carboxylic acid groups (broad SMARTS) is 1. The molecule has 1 aromatic carbocycles. The Hall–Kier alpha value is -4.08. The number of aryl methyl sites for hydroxylation is 3. The maximum absolute atomic E-state index is 14.7. The van der Waals surface area contributed by atoms with Crippen LogP contribution in [0.1, 0.15) is 34.0 Å². The second-order valence-corrected chi connectivity index (χ2v) is 8.27. The average Bonchev–Trinajstić information content (AvgIpc) is 3.46. The third-order valence-corrected chi connectivity index (χ3v) is 6.16. The maximum atomic E-state index is 14.7. The number of benzene rings is 1. The Bertz CT molecular complexity index is 1400. The van der Waals surface area contributed by atoms with Gasteiger partial charge in [0.05, 0.1) is 41.8 Å². The lowest BCUT2D eigenvalue weighted by Gasteiger charge is -2.16. The van der Waals surface area contributed by atoms with E-state index in [1.165, 1.54) is 6.07 Å². The fourth-order valence-electron chi connectivity index (χ4n) is 4.72. The minimum Gasteiger partial charge on any atom is -0.493 e. The van der Waals surface area contributed by atoms with E-state index in [1.54, 1.807) is 12.4 Å². The highest BCUT2D eigenvalue weighted by molar-refractivity contribution is 5.78. The second-order valence-electron chi connectivity index (χ2n) is 8.27. The van der Waals surface area contributed by atoms with Crippen LogP contribution >= 0.6 is 0 Å². The number of halogens is 1. The molecule has 3 aromatic heterocycles. The zero-order valence-electron chi connectivity index (χ0n) is 18.7. The monoisotopic (exact) mass is 463 g/mol. The summed E-state index contributed by atoms with van der Waals surface area (Å²) in [6.07, 6.45) is 2.81. The fraction of sp³-hybridized carbons (Fsp3) is 0.292. The zero-order chi connectivity index (χ0) is 23.8. The molecular formula is C24H22FN5O4. The number of aromatic nitrogens is 5. The van der Waals surface area contributed by atoms with Gasteiger partial charge in [0.25, 0.3) is 6.47 Å². The molecule has 0 unspecified atom stereocenters. The Morgan fingerprint density at radius 3 is 2.62 bits per heavy atom.